The summed E-state index contributed by atoms with van der Waals surface area (Å²) >= 11 is 0. The fraction of sp³-hybridized carbons (Fsp3) is 0.269. The molecule has 0 spiro atoms. The normalized spacial score (nSPS) is 11.1. The highest BCUT2D eigenvalue weighted by Gasteiger charge is 2.11. The molecule has 0 atom stereocenters. The Labute approximate surface area is 193 Å². The van der Waals surface area contributed by atoms with Gasteiger partial charge in [0.2, 0.25) is 0 Å². The maximum atomic E-state index is 12.1. The molecule has 3 aromatic rings. The lowest BCUT2D eigenvalue weighted by Gasteiger charge is -2.14. The standard InChI is InChI=1S/C26H28N2O5/c1-5-31-26(30)20-9-7-19(8-10-20)23-13-11-21(33-23)15-27-28-25(29)16-32-24-14-18(4)6-12-22(24)17(2)3/h6-15,17H,5,16H2,1-4H3,(H,28,29)/b27-15-. The number of furan rings is 1. The summed E-state index contributed by atoms with van der Waals surface area (Å²) in [7, 11) is 0. The van der Waals surface area contributed by atoms with Crippen LogP contribution in [0.5, 0.6) is 5.75 Å². The number of esters is 1. The molecule has 1 aromatic heterocycles. The van der Waals surface area contributed by atoms with E-state index < -0.39 is 0 Å². The molecule has 1 amide bonds. The number of nitrogens with one attached hydrogen (secondary N) is 1. The van der Waals surface area contributed by atoms with Crippen LogP contribution in [0.15, 0.2) is 64.1 Å². The van der Waals surface area contributed by atoms with E-state index in [1.165, 1.54) is 6.21 Å². The number of aryl methyl sites for hydroxylation is 1. The molecule has 0 aliphatic heterocycles. The summed E-state index contributed by atoms with van der Waals surface area (Å²) in [5.41, 5.74) is 5.84. The van der Waals surface area contributed by atoms with E-state index in [0.717, 1.165) is 16.7 Å². The number of nitrogens with zero attached hydrogens (tertiary/aromatic N) is 1. The van der Waals surface area contributed by atoms with Gasteiger partial charge in [0.15, 0.2) is 6.61 Å². The van der Waals surface area contributed by atoms with Crippen LogP contribution in [-0.4, -0.2) is 31.3 Å². The van der Waals surface area contributed by atoms with Gasteiger partial charge < -0.3 is 13.9 Å². The van der Waals surface area contributed by atoms with E-state index in [1.54, 1.807) is 43.3 Å². The van der Waals surface area contributed by atoms with Gasteiger partial charge in [0.25, 0.3) is 5.91 Å². The molecule has 0 bridgehead atoms. The van der Waals surface area contributed by atoms with Crippen LogP contribution in [0.1, 0.15) is 53.9 Å². The quantitative estimate of drug-likeness (QED) is 0.280. The topological polar surface area (TPSA) is 90.1 Å². The van der Waals surface area contributed by atoms with Gasteiger partial charge in [0.05, 0.1) is 18.4 Å². The minimum atomic E-state index is -0.371. The van der Waals surface area contributed by atoms with E-state index in [9.17, 15) is 9.59 Å². The van der Waals surface area contributed by atoms with Crippen LogP contribution in [-0.2, 0) is 9.53 Å². The molecule has 0 fully saturated rings. The van der Waals surface area contributed by atoms with Crippen LogP contribution in [0.3, 0.4) is 0 Å². The second kappa shape index (κ2) is 11.1. The third-order valence-corrected chi connectivity index (χ3v) is 4.84. The third-order valence-electron chi connectivity index (χ3n) is 4.84. The van der Waals surface area contributed by atoms with E-state index in [2.05, 4.69) is 24.4 Å². The molecular formula is C26H28N2O5. The molecule has 0 unspecified atom stereocenters. The van der Waals surface area contributed by atoms with Crippen molar-refractivity contribution in [2.24, 2.45) is 5.10 Å². The Bertz CT molecular complexity index is 1130. The summed E-state index contributed by atoms with van der Waals surface area (Å²) in [4.78, 5) is 23.9. The Hall–Kier alpha value is -3.87. The highest BCUT2D eigenvalue weighted by atomic mass is 16.5. The van der Waals surface area contributed by atoms with Crippen LogP contribution < -0.4 is 10.2 Å². The molecule has 1 N–H and O–H groups in total. The number of amides is 1. The molecule has 33 heavy (non-hydrogen) atoms. The molecule has 2 aromatic carbocycles. The van der Waals surface area contributed by atoms with Gasteiger partial charge in [-0.2, -0.15) is 5.10 Å². The number of hydrazone groups is 1. The predicted molar refractivity (Wildman–Crippen MR) is 127 cm³/mol. The maximum Gasteiger partial charge on any atom is 0.338 e. The van der Waals surface area contributed by atoms with Gasteiger partial charge in [-0.15, -0.1) is 0 Å². The Morgan fingerprint density at radius 1 is 1.09 bits per heavy atom. The number of ether oxygens (including phenoxy) is 2. The summed E-state index contributed by atoms with van der Waals surface area (Å²) in [6.45, 7) is 8.09. The smallest absolute Gasteiger partial charge is 0.338 e. The molecule has 0 aliphatic rings. The lowest BCUT2D eigenvalue weighted by Crippen LogP contribution is -2.24. The zero-order chi connectivity index (χ0) is 23.8. The van der Waals surface area contributed by atoms with Crippen molar-refractivity contribution in [1.29, 1.82) is 0 Å². The van der Waals surface area contributed by atoms with E-state index in [-0.39, 0.29) is 24.4 Å². The number of carbonyl (C=O) groups is 2. The lowest BCUT2D eigenvalue weighted by atomic mass is 10.0. The summed E-state index contributed by atoms with van der Waals surface area (Å²) in [5.74, 6) is 1.34. The Morgan fingerprint density at radius 3 is 2.55 bits per heavy atom. The Balaban J connectivity index is 1.54. The van der Waals surface area contributed by atoms with Crippen molar-refractivity contribution in [2.45, 2.75) is 33.6 Å². The van der Waals surface area contributed by atoms with Crippen molar-refractivity contribution in [1.82, 2.24) is 5.43 Å². The summed E-state index contributed by atoms with van der Waals surface area (Å²) in [6.07, 6.45) is 1.42. The van der Waals surface area contributed by atoms with Gasteiger partial charge >= 0.3 is 5.97 Å². The maximum absolute atomic E-state index is 12.1. The van der Waals surface area contributed by atoms with Crippen molar-refractivity contribution < 1.29 is 23.5 Å². The monoisotopic (exact) mass is 448 g/mol. The first-order chi connectivity index (χ1) is 15.9. The molecule has 0 radical (unpaired) electrons. The van der Waals surface area contributed by atoms with E-state index >= 15 is 0 Å². The first-order valence-corrected chi connectivity index (χ1v) is 10.8. The first kappa shape index (κ1) is 23.8. The van der Waals surface area contributed by atoms with E-state index in [0.29, 0.717) is 29.4 Å². The third kappa shape index (κ3) is 6.55. The Morgan fingerprint density at radius 2 is 1.85 bits per heavy atom. The molecule has 1 heterocycles. The predicted octanol–water partition coefficient (Wildman–Crippen LogP) is 5.08. The highest BCUT2D eigenvalue weighted by molar-refractivity contribution is 5.90. The average Bonchev–Trinajstić information content (AvgIpc) is 3.26. The molecule has 0 saturated carbocycles. The van der Waals surface area contributed by atoms with Crippen LogP contribution in [0, 0.1) is 6.92 Å². The zero-order valence-corrected chi connectivity index (χ0v) is 19.3. The fourth-order valence-electron chi connectivity index (χ4n) is 3.15. The van der Waals surface area contributed by atoms with Crippen LogP contribution in [0.4, 0.5) is 0 Å². The number of hydrogen-bond donors (Lipinski definition) is 1. The van der Waals surface area contributed by atoms with E-state index in [1.807, 2.05) is 25.1 Å². The van der Waals surface area contributed by atoms with Crippen molar-refractivity contribution >= 4 is 18.1 Å². The van der Waals surface area contributed by atoms with Gasteiger partial charge in [-0.3, -0.25) is 4.79 Å². The molecular weight excluding hydrogens is 420 g/mol. The second-order valence-electron chi connectivity index (χ2n) is 7.78. The second-order valence-corrected chi connectivity index (χ2v) is 7.78. The van der Waals surface area contributed by atoms with Gasteiger partial charge in [0, 0.05) is 5.56 Å². The summed E-state index contributed by atoms with van der Waals surface area (Å²) in [5, 5.41) is 3.93. The van der Waals surface area contributed by atoms with Gasteiger partial charge in [-0.1, -0.05) is 38.1 Å². The largest absolute Gasteiger partial charge is 0.483 e. The Kier molecular flexibility index (Phi) is 8.02. The minimum Gasteiger partial charge on any atom is -0.483 e. The van der Waals surface area contributed by atoms with Crippen LogP contribution in [0.2, 0.25) is 0 Å². The average molecular weight is 449 g/mol. The van der Waals surface area contributed by atoms with Crippen molar-refractivity contribution in [3.8, 4) is 17.1 Å². The van der Waals surface area contributed by atoms with Crippen LogP contribution in [0.25, 0.3) is 11.3 Å². The number of carbonyl (C=O) groups excluding carboxylic acids is 2. The van der Waals surface area contributed by atoms with Crippen molar-refractivity contribution in [3.05, 3.63) is 77.0 Å². The zero-order valence-electron chi connectivity index (χ0n) is 19.3. The minimum absolute atomic E-state index is 0.142. The molecule has 7 nitrogen and oxygen atoms in total. The highest BCUT2D eigenvalue weighted by Crippen LogP contribution is 2.27. The fourth-order valence-corrected chi connectivity index (χ4v) is 3.15. The lowest BCUT2D eigenvalue weighted by molar-refractivity contribution is -0.123. The van der Waals surface area contributed by atoms with Gasteiger partial charge in [0.1, 0.15) is 17.3 Å². The van der Waals surface area contributed by atoms with E-state index in [4.69, 9.17) is 13.9 Å². The first-order valence-electron chi connectivity index (χ1n) is 10.8. The number of hydrogen-bond acceptors (Lipinski definition) is 6. The molecule has 7 heteroatoms. The van der Waals surface area contributed by atoms with Crippen molar-refractivity contribution in [2.75, 3.05) is 13.2 Å². The molecule has 3 rings (SSSR count). The number of benzene rings is 2. The molecule has 172 valence electrons. The summed E-state index contributed by atoms with van der Waals surface area (Å²) < 4.78 is 16.4. The molecule has 0 aliphatic carbocycles. The van der Waals surface area contributed by atoms with Crippen molar-refractivity contribution in [3.63, 3.8) is 0 Å². The van der Waals surface area contributed by atoms with Gasteiger partial charge in [-0.05, 0) is 61.2 Å². The SMILES string of the molecule is CCOC(=O)c1ccc(-c2ccc(/C=N\NC(=O)COc3cc(C)ccc3C(C)C)o2)cc1. The number of rotatable bonds is 9. The summed E-state index contributed by atoms with van der Waals surface area (Å²) in [6, 6.07) is 16.4. The van der Waals surface area contributed by atoms with Crippen LogP contribution >= 0.6 is 0 Å². The van der Waals surface area contributed by atoms with Gasteiger partial charge in [-0.25, -0.2) is 10.2 Å². The molecule has 0 saturated heterocycles.